The Hall–Kier alpha value is -1.69. The third-order valence-corrected chi connectivity index (χ3v) is 2.68. The van der Waals surface area contributed by atoms with Gasteiger partial charge in [0.15, 0.2) is 0 Å². The molecule has 1 aromatic heterocycles. The summed E-state index contributed by atoms with van der Waals surface area (Å²) in [6.07, 6.45) is 1.64. The standard InChI is InChI=1S/C11H10BrFN4/c1-14-11-15-5-4-10(17-11)16-7-2-3-9(13)8(12)6-7/h2-6H,1H3,(H2,14,15,16,17). The van der Waals surface area contributed by atoms with Gasteiger partial charge in [-0.25, -0.2) is 9.37 Å². The van der Waals surface area contributed by atoms with E-state index >= 15 is 0 Å². The molecule has 0 atom stereocenters. The first-order valence-electron chi connectivity index (χ1n) is 4.92. The van der Waals surface area contributed by atoms with E-state index in [0.29, 0.717) is 16.2 Å². The first-order chi connectivity index (χ1) is 8.19. The first-order valence-corrected chi connectivity index (χ1v) is 5.71. The lowest BCUT2D eigenvalue weighted by Gasteiger charge is -2.07. The van der Waals surface area contributed by atoms with Crippen LogP contribution in [0.1, 0.15) is 0 Å². The second-order valence-electron chi connectivity index (χ2n) is 3.27. The van der Waals surface area contributed by atoms with Crippen LogP contribution in [0.5, 0.6) is 0 Å². The van der Waals surface area contributed by atoms with Crippen LogP contribution in [-0.4, -0.2) is 17.0 Å². The van der Waals surface area contributed by atoms with Crippen molar-refractivity contribution in [1.82, 2.24) is 9.97 Å². The van der Waals surface area contributed by atoms with E-state index in [1.165, 1.54) is 6.07 Å². The average molecular weight is 297 g/mol. The summed E-state index contributed by atoms with van der Waals surface area (Å²) in [5, 5.41) is 5.90. The van der Waals surface area contributed by atoms with Gasteiger partial charge in [0.2, 0.25) is 5.95 Å². The van der Waals surface area contributed by atoms with Crippen molar-refractivity contribution in [3.05, 3.63) is 40.8 Å². The molecule has 4 nitrogen and oxygen atoms in total. The van der Waals surface area contributed by atoms with E-state index in [1.807, 2.05) is 0 Å². The molecule has 0 unspecified atom stereocenters. The first kappa shape index (κ1) is 11.8. The molecule has 0 amide bonds. The van der Waals surface area contributed by atoms with Crippen molar-refractivity contribution in [2.24, 2.45) is 0 Å². The molecule has 2 rings (SSSR count). The highest BCUT2D eigenvalue weighted by Crippen LogP contribution is 2.22. The number of nitrogens with zero attached hydrogens (tertiary/aromatic N) is 2. The molecule has 0 aliphatic heterocycles. The third kappa shape index (κ3) is 2.91. The Kier molecular flexibility index (Phi) is 3.53. The van der Waals surface area contributed by atoms with Crippen molar-refractivity contribution >= 4 is 33.4 Å². The van der Waals surface area contributed by atoms with Crippen LogP contribution in [0.2, 0.25) is 0 Å². The lowest BCUT2D eigenvalue weighted by molar-refractivity contribution is 0.621. The SMILES string of the molecule is CNc1nccc(Nc2ccc(F)c(Br)c2)n1. The van der Waals surface area contributed by atoms with Gasteiger partial charge in [0, 0.05) is 18.9 Å². The van der Waals surface area contributed by atoms with E-state index in [4.69, 9.17) is 0 Å². The lowest BCUT2D eigenvalue weighted by atomic mass is 10.3. The smallest absolute Gasteiger partial charge is 0.224 e. The van der Waals surface area contributed by atoms with E-state index in [1.54, 1.807) is 31.4 Å². The molecule has 0 bridgehead atoms. The summed E-state index contributed by atoms with van der Waals surface area (Å²) in [7, 11) is 1.74. The molecule has 0 radical (unpaired) electrons. The highest BCUT2D eigenvalue weighted by molar-refractivity contribution is 9.10. The molecule has 0 spiro atoms. The molecule has 2 aromatic rings. The van der Waals surface area contributed by atoms with Gasteiger partial charge in [0.1, 0.15) is 11.6 Å². The second-order valence-corrected chi connectivity index (χ2v) is 4.12. The van der Waals surface area contributed by atoms with Crippen molar-refractivity contribution in [3.63, 3.8) is 0 Å². The Labute approximate surface area is 106 Å². The predicted octanol–water partition coefficient (Wildman–Crippen LogP) is 3.16. The predicted molar refractivity (Wildman–Crippen MR) is 69.0 cm³/mol. The van der Waals surface area contributed by atoms with Crippen LogP contribution in [0.4, 0.5) is 21.8 Å². The molecule has 1 heterocycles. The normalized spacial score (nSPS) is 10.1. The molecule has 2 N–H and O–H groups in total. The number of aromatic nitrogens is 2. The zero-order valence-electron chi connectivity index (χ0n) is 9.04. The van der Waals surface area contributed by atoms with Gasteiger partial charge in [0.25, 0.3) is 0 Å². The Bertz CT molecular complexity index is 533. The van der Waals surface area contributed by atoms with Crippen LogP contribution in [0.3, 0.4) is 0 Å². The maximum absolute atomic E-state index is 13.0. The number of nitrogens with one attached hydrogen (secondary N) is 2. The summed E-state index contributed by atoms with van der Waals surface area (Å²) in [5.74, 6) is 0.869. The molecule has 0 fully saturated rings. The number of hydrogen-bond acceptors (Lipinski definition) is 4. The number of anilines is 3. The van der Waals surface area contributed by atoms with Crippen molar-refractivity contribution in [2.45, 2.75) is 0 Å². The van der Waals surface area contributed by atoms with Gasteiger partial charge in [-0.05, 0) is 40.2 Å². The zero-order valence-corrected chi connectivity index (χ0v) is 10.6. The van der Waals surface area contributed by atoms with Crippen LogP contribution in [0, 0.1) is 5.82 Å². The van der Waals surface area contributed by atoms with E-state index in [0.717, 1.165) is 5.69 Å². The summed E-state index contributed by atoms with van der Waals surface area (Å²) in [5.41, 5.74) is 0.749. The summed E-state index contributed by atoms with van der Waals surface area (Å²) in [6.45, 7) is 0. The second kappa shape index (κ2) is 5.09. The van der Waals surface area contributed by atoms with Gasteiger partial charge in [-0.1, -0.05) is 0 Å². The van der Waals surface area contributed by atoms with Gasteiger partial charge in [-0.3, -0.25) is 0 Å². The molecule has 17 heavy (non-hydrogen) atoms. The van der Waals surface area contributed by atoms with Gasteiger partial charge in [-0.2, -0.15) is 4.98 Å². The molecular formula is C11H10BrFN4. The average Bonchev–Trinajstić information content (AvgIpc) is 2.34. The minimum absolute atomic E-state index is 0.297. The van der Waals surface area contributed by atoms with Gasteiger partial charge in [0.05, 0.1) is 4.47 Å². The van der Waals surface area contributed by atoms with Crippen LogP contribution in [0.25, 0.3) is 0 Å². The fourth-order valence-corrected chi connectivity index (χ4v) is 1.65. The quantitative estimate of drug-likeness (QED) is 0.913. The van der Waals surface area contributed by atoms with Crippen LogP contribution >= 0.6 is 15.9 Å². The van der Waals surface area contributed by atoms with Crippen LogP contribution in [-0.2, 0) is 0 Å². The van der Waals surface area contributed by atoms with Gasteiger partial charge >= 0.3 is 0 Å². The molecule has 0 aliphatic rings. The van der Waals surface area contributed by atoms with Gasteiger partial charge in [-0.15, -0.1) is 0 Å². The fourth-order valence-electron chi connectivity index (χ4n) is 1.27. The molecule has 6 heteroatoms. The molecule has 0 saturated carbocycles. The molecule has 0 aliphatic carbocycles. The Balaban J connectivity index is 2.22. The molecule has 0 saturated heterocycles. The number of benzene rings is 1. The summed E-state index contributed by atoms with van der Waals surface area (Å²) in [4.78, 5) is 8.20. The molecular weight excluding hydrogens is 287 g/mol. The topological polar surface area (TPSA) is 49.8 Å². The highest BCUT2D eigenvalue weighted by Gasteiger charge is 2.02. The maximum Gasteiger partial charge on any atom is 0.224 e. The van der Waals surface area contributed by atoms with Crippen molar-refractivity contribution in [2.75, 3.05) is 17.7 Å². The largest absolute Gasteiger partial charge is 0.357 e. The number of hydrogen-bond donors (Lipinski definition) is 2. The minimum atomic E-state index is -0.297. The minimum Gasteiger partial charge on any atom is -0.357 e. The molecule has 1 aromatic carbocycles. The van der Waals surface area contributed by atoms with Crippen molar-refractivity contribution in [1.29, 1.82) is 0 Å². The fraction of sp³-hybridized carbons (Fsp3) is 0.0909. The zero-order chi connectivity index (χ0) is 12.3. The van der Waals surface area contributed by atoms with E-state index in [-0.39, 0.29) is 5.82 Å². The van der Waals surface area contributed by atoms with E-state index in [2.05, 4.69) is 36.5 Å². The maximum atomic E-state index is 13.0. The summed E-state index contributed by atoms with van der Waals surface area (Å²) < 4.78 is 13.5. The monoisotopic (exact) mass is 296 g/mol. The Morgan fingerprint density at radius 3 is 2.82 bits per heavy atom. The highest BCUT2D eigenvalue weighted by atomic mass is 79.9. The van der Waals surface area contributed by atoms with Crippen LogP contribution < -0.4 is 10.6 Å². The Morgan fingerprint density at radius 1 is 1.29 bits per heavy atom. The lowest BCUT2D eigenvalue weighted by Crippen LogP contribution is -1.99. The van der Waals surface area contributed by atoms with Crippen LogP contribution in [0.15, 0.2) is 34.9 Å². The number of halogens is 2. The van der Waals surface area contributed by atoms with Crippen molar-refractivity contribution < 1.29 is 4.39 Å². The van der Waals surface area contributed by atoms with Gasteiger partial charge < -0.3 is 10.6 Å². The number of rotatable bonds is 3. The van der Waals surface area contributed by atoms with Crippen molar-refractivity contribution in [3.8, 4) is 0 Å². The Morgan fingerprint density at radius 2 is 2.12 bits per heavy atom. The summed E-state index contributed by atoms with van der Waals surface area (Å²) >= 11 is 3.13. The van der Waals surface area contributed by atoms with E-state index in [9.17, 15) is 4.39 Å². The van der Waals surface area contributed by atoms with E-state index < -0.39 is 0 Å². The summed E-state index contributed by atoms with van der Waals surface area (Å²) in [6, 6.07) is 6.41. The third-order valence-electron chi connectivity index (χ3n) is 2.07. The molecule has 88 valence electrons.